The van der Waals surface area contributed by atoms with Gasteiger partial charge in [0.25, 0.3) is 0 Å². The van der Waals surface area contributed by atoms with Gasteiger partial charge in [-0.25, -0.2) is 4.39 Å². The lowest BCUT2D eigenvalue weighted by Crippen LogP contribution is -2.24. The molecule has 5 nitrogen and oxygen atoms in total. The summed E-state index contributed by atoms with van der Waals surface area (Å²) in [6, 6.07) is 2.09. The lowest BCUT2D eigenvalue weighted by atomic mass is 9.81. The molecular weight excluding hydrogens is 277 g/mol. The number of aliphatic carboxylic acids is 1. The molecule has 0 saturated heterocycles. The molecule has 1 atom stereocenters. The molecule has 6 heteroatoms. The maximum atomic E-state index is 14.1. The normalized spacial score (nSPS) is 12.9. The van der Waals surface area contributed by atoms with E-state index in [1.807, 2.05) is 0 Å². The zero-order valence-electron chi connectivity index (χ0n) is 12.8. The van der Waals surface area contributed by atoms with Crippen LogP contribution in [0.3, 0.4) is 0 Å². The van der Waals surface area contributed by atoms with E-state index in [0.717, 1.165) is 0 Å². The van der Waals surface area contributed by atoms with Crippen molar-refractivity contribution in [3.05, 3.63) is 23.5 Å². The predicted octanol–water partition coefficient (Wildman–Crippen LogP) is 2.73. The molecule has 1 aromatic carbocycles. The SMILES string of the molecule is COc1cc(F)c(C(N)CC(C)(C)CC(=O)O)cc1OC. The lowest BCUT2D eigenvalue weighted by Gasteiger charge is -2.27. The van der Waals surface area contributed by atoms with E-state index in [4.69, 9.17) is 20.3 Å². The molecule has 1 rings (SSSR count). The summed E-state index contributed by atoms with van der Waals surface area (Å²) in [5.41, 5.74) is 5.79. The topological polar surface area (TPSA) is 81.8 Å². The minimum atomic E-state index is -0.903. The van der Waals surface area contributed by atoms with E-state index in [0.29, 0.717) is 12.2 Å². The van der Waals surface area contributed by atoms with Crippen LogP contribution in [0.1, 0.15) is 38.3 Å². The van der Waals surface area contributed by atoms with Crippen LogP contribution in [-0.2, 0) is 4.79 Å². The number of carboxylic acids is 1. The average Bonchev–Trinajstić information content (AvgIpc) is 2.35. The second-order valence-corrected chi connectivity index (χ2v) is 5.77. The molecule has 0 fully saturated rings. The van der Waals surface area contributed by atoms with Gasteiger partial charge in [0, 0.05) is 17.7 Å². The highest BCUT2D eigenvalue weighted by Gasteiger charge is 2.27. The number of halogens is 1. The van der Waals surface area contributed by atoms with Gasteiger partial charge >= 0.3 is 5.97 Å². The van der Waals surface area contributed by atoms with E-state index in [1.165, 1.54) is 26.4 Å². The van der Waals surface area contributed by atoms with Gasteiger partial charge in [0.1, 0.15) is 5.82 Å². The first-order valence-electron chi connectivity index (χ1n) is 6.59. The van der Waals surface area contributed by atoms with Crippen LogP contribution in [0.4, 0.5) is 4.39 Å². The monoisotopic (exact) mass is 299 g/mol. The molecule has 0 aliphatic rings. The quantitative estimate of drug-likeness (QED) is 0.809. The first-order valence-corrected chi connectivity index (χ1v) is 6.59. The van der Waals surface area contributed by atoms with Crippen LogP contribution in [0, 0.1) is 11.2 Å². The van der Waals surface area contributed by atoms with Gasteiger partial charge in [-0.1, -0.05) is 13.8 Å². The van der Waals surface area contributed by atoms with E-state index >= 15 is 0 Å². The molecule has 0 bridgehead atoms. The standard InChI is InChI=1S/C15H22FNO4/c1-15(2,8-14(18)19)7-11(17)9-5-12(20-3)13(21-4)6-10(9)16/h5-6,11H,7-8,17H2,1-4H3,(H,18,19). The third-order valence-electron chi connectivity index (χ3n) is 3.30. The van der Waals surface area contributed by atoms with Gasteiger partial charge in [0.2, 0.25) is 0 Å². The second-order valence-electron chi connectivity index (χ2n) is 5.77. The van der Waals surface area contributed by atoms with Crippen LogP contribution in [-0.4, -0.2) is 25.3 Å². The van der Waals surface area contributed by atoms with E-state index < -0.39 is 23.2 Å². The number of ether oxygens (including phenoxy) is 2. The Hall–Kier alpha value is -1.82. The van der Waals surface area contributed by atoms with Gasteiger partial charge in [-0.3, -0.25) is 4.79 Å². The Balaban J connectivity index is 3.02. The summed E-state index contributed by atoms with van der Waals surface area (Å²) in [5, 5.41) is 8.89. The Morgan fingerprint density at radius 3 is 2.33 bits per heavy atom. The fourth-order valence-corrected chi connectivity index (χ4v) is 2.34. The summed E-state index contributed by atoms with van der Waals surface area (Å²) >= 11 is 0. The molecule has 0 aromatic heterocycles. The zero-order valence-corrected chi connectivity index (χ0v) is 12.8. The number of rotatable bonds is 7. The smallest absolute Gasteiger partial charge is 0.303 e. The minimum Gasteiger partial charge on any atom is -0.493 e. The molecule has 0 heterocycles. The van der Waals surface area contributed by atoms with Gasteiger partial charge in [-0.05, 0) is 17.9 Å². The molecular formula is C15H22FNO4. The summed E-state index contributed by atoms with van der Waals surface area (Å²) in [5.74, 6) is -0.720. The molecule has 0 amide bonds. The molecule has 3 N–H and O–H groups in total. The van der Waals surface area contributed by atoms with Crippen molar-refractivity contribution in [3.63, 3.8) is 0 Å². The molecule has 21 heavy (non-hydrogen) atoms. The maximum absolute atomic E-state index is 14.1. The van der Waals surface area contributed by atoms with E-state index in [-0.39, 0.29) is 17.7 Å². The number of carboxylic acid groups (broad SMARTS) is 1. The fraction of sp³-hybridized carbons (Fsp3) is 0.533. The Labute approximate surface area is 123 Å². The van der Waals surface area contributed by atoms with Crippen LogP contribution >= 0.6 is 0 Å². The number of carbonyl (C=O) groups is 1. The van der Waals surface area contributed by atoms with E-state index in [2.05, 4.69) is 0 Å². The number of nitrogens with two attached hydrogens (primary N) is 1. The molecule has 0 radical (unpaired) electrons. The van der Waals surface area contributed by atoms with Crippen molar-refractivity contribution < 1.29 is 23.8 Å². The van der Waals surface area contributed by atoms with Crippen molar-refractivity contribution in [2.45, 2.75) is 32.7 Å². The van der Waals surface area contributed by atoms with E-state index in [1.54, 1.807) is 13.8 Å². The first-order chi connectivity index (χ1) is 9.70. The molecule has 0 aliphatic heterocycles. The highest BCUT2D eigenvalue weighted by atomic mass is 19.1. The predicted molar refractivity (Wildman–Crippen MR) is 77.1 cm³/mol. The van der Waals surface area contributed by atoms with Crippen molar-refractivity contribution >= 4 is 5.97 Å². The second kappa shape index (κ2) is 6.76. The Morgan fingerprint density at radius 2 is 1.86 bits per heavy atom. The Morgan fingerprint density at radius 1 is 1.33 bits per heavy atom. The van der Waals surface area contributed by atoms with Crippen molar-refractivity contribution in [1.29, 1.82) is 0 Å². The fourth-order valence-electron chi connectivity index (χ4n) is 2.34. The molecule has 118 valence electrons. The molecule has 0 spiro atoms. The molecule has 1 unspecified atom stereocenters. The summed E-state index contributed by atoms with van der Waals surface area (Å²) < 4.78 is 24.3. The van der Waals surface area contributed by atoms with Crippen molar-refractivity contribution in [2.75, 3.05) is 14.2 Å². The number of hydrogen-bond donors (Lipinski definition) is 2. The van der Waals surface area contributed by atoms with Crippen LogP contribution < -0.4 is 15.2 Å². The third kappa shape index (κ3) is 4.60. The van der Waals surface area contributed by atoms with Gasteiger partial charge in [0.05, 0.1) is 20.6 Å². The first kappa shape index (κ1) is 17.2. The van der Waals surface area contributed by atoms with Crippen LogP contribution in [0.5, 0.6) is 11.5 Å². The van der Waals surface area contributed by atoms with Crippen LogP contribution in [0.15, 0.2) is 12.1 Å². The van der Waals surface area contributed by atoms with Crippen molar-refractivity contribution in [2.24, 2.45) is 11.1 Å². The number of methoxy groups -OCH3 is 2. The van der Waals surface area contributed by atoms with Crippen molar-refractivity contribution in [1.82, 2.24) is 0 Å². The average molecular weight is 299 g/mol. The number of hydrogen-bond acceptors (Lipinski definition) is 4. The minimum absolute atomic E-state index is 0.0321. The Kier molecular flexibility index (Phi) is 5.54. The molecule has 1 aromatic rings. The summed E-state index contributed by atoms with van der Waals surface area (Å²) in [6.07, 6.45) is 0.307. The van der Waals surface area contributed by atoms with Crippen LogP contribution in [0.25, 0.3) is 0 Å². The molecule has 0 saturated carbocycles. The Bertz CT molecular complexity index is 517. The van der Waals surface area contributed by atoms with Gasteiger partial charge in [-0.2, -0.15) is 0 Å². The summed E-state index contributed by atoms with van der Waals surface area (Å²) in [7, 11) is 2.88. The number of benzene rings is 1. The van der Waals surface area contributed by atoms with E-state index in [9.17, 15) is 9.18 Å². The lowest BCUT2D eigenvalue weighted by molar-refractivity contribution is -0.139. The summed E-state index contributed by atoms with van der Waals surface area (Å²) in [6.45, 7) is 3.58. The highest BCUT2D eigenvalue weighted by molar-refractivity contribution is 5.67. The maximum Gasteiger partial charge on any atom is 0.303 e. The van der Waals surface area contributed by atoms with Gasteiger partial charge in [-0.15, -0.1) is 0 Å². The molecule has 0 aliphatic carbocycles. The zero-order chi connectivity index (χ0) is 16.2. The highest BCUT2D eigenvalue weighted by Crippen LogP contribution is 2.36. The summed E-state index contributed by atoms with van der Waals surface area (Å²) in [4.78, 5) is 10.8. The third-order valence-corrected chi connectivity index (χ3v) is 3.30. The van der Waals surface area contributed by atoms with Gasteiger partial charge < -0.3 is 20.3 Å². The van der Waals surface area contributed by atoms with Crippen LogP contribution in [0.2, 0.25) is 0 Å². The van der Waals surface area contributed by atoms with Crippen molar-refractivity contribution in [3.8, 4) is 11.5 Å². The van der Waals surface area contributed by atoms with Gasteiger partial charge in [0.15, 0.2) is 11.5 Å². The largest absolute Gasteiger partial charge is 0.493 e.